The fraction of sp³-hybridized carbons (Fsp3) is 0.231. The van der Waals surface area contributed by atoms with Crippen LogP contribution in [0.15, 0.2) is 35.6 Å². The van der Waals surface area contributed by atoms with E-state index in [4.69, 9.17) is 0 Å². The summed E-state index contributed by atoms with van der Waals surface area (Å²) in [5, 5.41) is 9.02. The third-order valence-corrected chi connectivity index (χ3v) is 4.32. The van der Waals surface area contributed by atoms with Gasteiger partial charge in [-0.15, -0.1) is 11.3 Å². The predicted octanol–water partition coefficient (Wildman–Crippen LogP) is 2.00. The number of nitrogens with zero attached hydrogens (tertiary/aromatic N) is 2. The smallest absolute Gasteiger partial charge is 0.247 e. The molecule has 0 aromatic carbocycles. The van der Waals surface area contributed by atoms with Crippen LogP contribution in [0, 0.1) is 0 Å². The molecule has 0 radical (unpaired) electrons. The van der Waals surface area contributed by atoms with Crippen molar-refractivity contribution in [2.75, 3.05) is 6.26 Å². The monoisotopic (exact) mass is 310 g/mol. The SMILES string of the molecule is CC(O)C=Cc1ccc(-c2ccnc(S(C)(=O)=O)n2)s1. The summed E-state index contributed by atoms with van der Waals surface area (Å²) < 4.78 is 22.9. The topological polar surface area (TPSA) is 80.2 Å². The van der Waals surface area contributed by atoms with Gasteiger partial charge < -0.3 is 5.11 Å². The zero-order valence-electron chi connectivity index (χ0n) is 11.0. The summed E-state index contributed by atoms with van der Waals surface area (Å²) in [5.74, 6) is 0. The molecule has 2 aromatic heterocycles. The van der Waals surface area contributed by atoms with Gasteiger partial charge >= 0.3 is 0 Å². The third-order valence-electron chi connectivity index (χ3n) is 2.38. The molecule has 0 amide bonds. The number of hydrogen-bond donors (Lipinski definition) is 1. The first-order valence-corrected chi connectivity index (χ1v) is 8.56. The average molecular weight is 310 g/mol. The van der Waals surface area contributed by atoms with Crippen LogP contribution in [-0.4, -0.2) is 35.9 Å². The van der Waals surface area contributed by atoms with Crippen molar-refractivity contribution in [2.24, 2.45) is 0 Å². The second-order valence-electron chi connectivity index (χ2n) is 4.30. The number of hydrogen-bond acceptors (Lipinski definition) is 6. The lowest BCUT2D eigenvalue weighted by Crippen LogP contribution is -2.03. The molecule has 0 aliphatic heterocycles. The molecule has 0 saturated carbocycles. The second kappa shape index (κ2) is 5.82. The summed E-state index contributed by atoms with van der Waals surface area (Å²) in [7, 11) is -3.41. The quantitative estimate of drug-likeness (QED) is 0.874. The van der Waals surface area contributed by atoms with E-state index in [1.165, 1.54) is 17.5 Å². The second-order valence-corrected chi connectivity index (χ2v) is 7.32. The standard InChI is InChI=1S/C13H14N2O3S2/c1-9(16)3-4-10-5-6-12(19-10)11-7-8-14-13(15-11)20(2,17)18/h3-9,16H,1-2H3. The highest BCUT2D eigenvalue weighted by Crippen LogP contribution is 2.27. The van der Waals surface area contributed by atoms with Crippen molar-refractivity contribution in [2.45, 2.75) is 18.2 Å². The first kappa shape index (κ1) is 14.8. The Morgan fingerprint density at radius 2 is 2.10 bits per heavy atom. The minimum Gasteiger partial charge on any atom is -0.389 e. The first-order chi connectivity index (χ1) is 9.36. The number of sulfone groups is 1. The van der Waals surface area contributed by atoms with Crippen molar-refractivity contribution < 1.29 is 13.5 Å². The summed E-state index contributed by atoms with van der Waals surface area (Å²) in [4.78, 5) is 9.63. The fourth-order valence-electron chi connectivity index (χ4n) is 1.47. The van der Waals surface area contributed by atoms with Gasteiger partial charge in [-0.05, 0) is 31.2 Å². The fourth-order valence-corrected chi connectivity index (χ4v) is 2.88. The summed E-state index contributed by atoms with van der Waals surface area (Å²) in [6, 6.07) is 5.42. The van der Waals surface area contributed by atoms with Gasteiger partial charge in [0.05, 0.1) is 16.7 Å². The summed E-state index contributed by atoms with van der Waals surface area (Å²) >= 11 is 1.46. The number of aliphatic hydroxyl groups excluding tert-OH is 1. The lowest BCUT2D eigenvalue weighted by atomic mass is 10.3. The van der Waals surface area contributed by atoms with Crippen molar-refractivity contribution in [3.8, 4) is 10.6 Å². The Balaban J connectivity index is 2.33. The highest BCUT2D eigenvalue weighted by Gasteiger charge is 2.12. The molecule has 5 nitrogen and oxygen atoms in total. The molecule has 0 spiro atoms. The van der Waals surface area contributed by atoms with Gasteiger partial charge in [-0.1, -0.05) is 6.08 Å². The summed E-state index contributed by atoms with van der Waals surface area (Å²) in [6.45, 7) is 1.67. The molecule has 7 heteroatoms. The summed E-state index contributed by atoms with van der Waals surface area (Å²) in [6.07, 6.45) is 5.51. The molecule has 20 heavy (non-hydrogen) atoms. The molecule has 2 heterocycles. The molecular weight excluding hydrogens is 296 g/mol. The van der Waals surface area contributed by atoms with Gasteiger partial charge in [0, 0.05) is 17.3 Å². The highest BCUT2D eigenvalue weighted by molar-refractivity contribution is 7.90. The molecule has 2 rings (SSSR count). The van der Waals surface area contributed by atoms with E-state index in [1.54, 1.807) is 19.1 Å². The van der Waals surface area contributed by atoms with Crippen LogP contribution >= 0.6 is 11.3 Å². The van der Waals surface area contributed by atoms with E-state index in [1.807, 2.05) is 18.2 Å². The summed E-state index contributed by atoms with van der Waals surface area (Å²) in [5.41, 5.74) is 0.571. The Hall–Kier alpha value is -1.57. The third kappa shape index (κ3) is 3.72. The van der Waals surface area contributed by atoms with Crippen LogP contribution in [0.4, 0.5) is 0 Å². The molecule has 0 bridgehead atoms. The molecule has 1 unspecified atom stereocenters. The van der Waals surface area contributed by atoms with E-state index in [-0.39, 0.29) is 5.16 Å². The Morgan fingerprint density at radius 3 is 2.75 bits per heavy atom. The lowest BCUT2D eigenvalue weighted by Gasteiger charge is -1.99. The normalized spacial score (nSPS) is 13.8. The average Bonchev–Trinajstić information content (AvgIpc) is 2.84. The lowest BCUT2D eigenvalue weighted by molar-refractivity contribution is 0.245. The van der Waals surface area contributed by atoms with E-state index < -0.39 is 15.9 Å². The predicted molar refractivity (Wildman–Crippen MR) is 79.2 cm³/mol. The molecule has 1 atom stereocenters. The van der Waals surface area contributed by atoms with Crippen LogP contribution in [0.2, 0.25) is 0 Å². The van der Waals surface area contributed by atoms with Crippen molar-refractivity contribution in [3.05, 3.63) is 35.3 Å². The van der Waals surface area contributed by atoms with Crippen LogP contribution in [0.5, 0.6) is 0 Å². The van der Waals surface area contributed by atoms with Gasteiger partial charge in [0.2, 0.25) is 15.0 Å². The zero-order chi connectivity index (χ0) is 14.8. The van der Waals surface area contributed by atoms with Crippen LogP contribution in [0.3, 0.4) is 0 Å². The first-order valence-electron chi connectivity index (χ1n) is 5.86. The molecule has 106 valence electrons. The van der Waals surface area contributed by atoms with Crippen LogP contribution in [-0.2, 0) is 9.84 Å². The Bertz CT molecular complexity index is 734. The maximum Gasteiger partial charge on any atom is 0.247 e. The minimum atomic E-state index is -3.41. The van der Waals surface area contributed by atoms with Crippen LogP contribution in [0.25, 0.3) is 16.6 Å². The number of rotatable bonds is 4. The minimum absolute atomic E-state index is 0.176. The van der Waals surface area contributed by atoms with Gasteiger partial charge in [0.1, 0.15) is 0 Å². The van der Waals surface area contributed by atoms with Gasteiger partial charge in [0.15, 0.2) is 0 Å². The molecular formula is C13H14N2O3S2. The molecule has 2 aromatic rings. The Kier molecular flexibility index (Phi) is 4.32. The van der Waals surface area contributed by atoms with Crippen LogP contribution < -0.4 is 0 Å². The van der Waals surface area contributed by atoms with Crippen molar-refractivity contribution in [3.63, 3.8) is 0 Å². The molecule has 0 aliphatic rings. The van der Waals surface area contributed by atoms with E-state index in [2.05, 4.69) is 9.97 Å². The van der Waals surface area contributed by atoms with Crippen molar-refractivity contribution in [1.29, 1.82) is 0 Å². The zero-order valence-corrected chi connectivity index (χ0v) is 12.6. The van der Waals surface area contributed by atoms with Crippen molar-refractivity contribution in [1.82, 2.24) is 9.97 Å². The number of thiophene rings is 1. The van der Waals surface area contributed by atoms with Gasteiger partial charge in [-0.2, -0.15) is 0 Å². The maximum atomic E-state index is 11.4. The molecule has 1 N–H and O–H groups in total. The van der Waals surface area contributed by atoms with Gasteiger partial charge in [-0.25, -0.2) is 18.4 Å². The van der Waals surface area contributed by atoms with Crippen molar-refractivity contribution >= 4 is 27.3 Å². The molecule has 0 fully saturated rings. The van der Waals surface area contributed by atoms with E-state index >= 15 is 0 Å². The highest BCUT2D eigenvalue weighted by atomic mass is 32.2. The number of aliphatic hydroxyl groups is 1. The van der Waals surface area contributed by atoms with E-state index in [0.29, 0.717) is 5.69 Å². The van der Waals surface area contributed by atoms with E-state index in [9.17, 15) is 13.5 Å². The number of aromatic nitrogens is 2. The van der Waals surface area contributed by atoms with E-state index in [0.717, 1.165) is 16.0 Å². The van der Waals surface area contributed by atoms with Gasteiger partial charge in [-0.3, -0.25) is 0 Å². The van der Waals surface area contributed by atoms with Gasteiger partial charge in [0.25, 0.3) is 0 Å². The maximum absolute atomic E-state index is 11.4. The largest absolute Gasteiger partial charge is 0.389 e. The Morgan fingerprint density at radius 1 is 1.35 bits per heavy atom. The molecule has 0 aliphatic carbocycles. The van der Waals surface area contributed by atoms with Crippen LogP contribution in [0.1, 0.15) is 11.8 Å². The Labute approximate surface area is 121 Å². The molecule has 0 saturated heterocycles.